The number of nitrogens with two attached hydrogens (primary N) is 1. The van der Waals surface area contributed by atoms with E-state index in [2.05, 4.69) is 0 Å². The number of thiophene rings is 1. The molecule has 0 radical (unpaired) electrons. The number of fused-ring (bicyclic) bond motifs is 1. The minimum atomic E-state index is -3.48. The molecule has 2 aromatic rings. The number of amides is 1. The molecule has 5 nitrogen and oxygen atoms in total. The number of carbonyl (C=O) groups excluding carboxylic acids is 1. The van der Waals surface area contributed by atoms with Crippen LogP contribution in [-0.2, 0) is 10.0 Å². The summed E-state index contributed by atoms with van der Waals surface area (Å²) < 4.78 is 23.3. The maximum Gasteiger partial charge on any atom is 0.263 e. The van der Waals surface area contributed by atoms with Gasteiger partial charge in [0.05, 0.1) is 10.6 Å². The average Bonchev–Trinajstić information content (AvgIpc) is 3.01. The van der Waals surface area contributed by atoms with E-state index >= 15 is 0 Å². The van der Waals surface area contributed by atoms with Crippen molar-refractivity contribution in [3.63, 3.8) is 0 Å². The molecule has 7 heteroatoms. The monoisotopic (exact) mass is 324 g/mol. The number of hydrogen-bond donors (Lipinski definition) is 1. The van der Waals surface area contributed by atoms with Crippen LogP contribution >= 0.6 is 11.3 Å². The minimum Gasteiger partial charge on any atom is -0.338 e. The van der Waals surface area contributed by atoms with E-state index in [4.69, 9.17) is 5.14 Å². The normalized spacial score (nSPS) is 19.3. The Bertz CT molecular complexity index is 749. The van der Waals surface area contributed by atoms with Crippen LogP contribution in [-0.4, -0.2) is 38.1 Å². The van der Waals surface area contributed by atoms with Crippen molar-refractivity contribution in [1.82, 2.24) is 4.90 Å². The van der Waals surface area contributed by atoms with Gasteiger partial charge in [-0.3, -0.25) is 4.79 Å². The van der Waals surface area contributed by atoms with Gasteiger partial charge in [0.15, 0.2) is 0 Å². The second kappa shape index (κ2) is 5.40. The molecule has 0 aliphatic carbocycles. The number of nitrogens with zero attached hydrogens (tertiary/aromatic N) is 1. The van der Waals surface area contributed by atoms with Gasteiger partial charge in [-0.1, -0.05) is 18.2 Å². The maximum absolute atomic E-state index is 12.5. The average molecular weight is 324 g/mol. The van der Waals surface area contributed by atoms with Gasteiger partial charge in [0.2, 0.25) is 10.0 Å². The first-order chi connectivity index (χ1) is 9.92. The summed E-state index contributed by atoms with van der Waals surface area (Å²) in [6, 6.07) is 9.77. The number of carbonyl (C=O) groups is 1. The Morgan fingerprint density at radius 1 is 1.38 bits per heavy atom. The number of likely N-dealkylation sites (tertiary alicyclic amines) is 1. The summed E-state index contributed by atoms with van der Waals surface area (Å²) in [5.74, 6) is -0.130. The van der Waals surface area contributed by atoms with Crippen molar-refractivity contribution in [2.75, 3.05) is 18.8 Å². The molecule has 0 bridgehead atoms. The topological polar surface area (TPSA) is 80.5 Å². The lowest BCUT2D eigenvalue weighted by molar-refractivity contribution is 0.0793. The van der Waals surface area contributed by atoms with Gasteiger partial charge in [-0.2, -0.15) is 0 Å². The Kier molecular flexibility index (Phi) is 3.73. The quantitative estimate of drug-likeness (QED) is 0.932. The molecule has 2 N–H and O–H groups in total. The van der Waals surface area contributed by atoms with Crippen molar-refractivity contribution in [2.24, 2.45) is 11.1 Å². The van der Waals surface area contributed by atoms with Crippen LogP contribution in [0.3, 0.4) is 0 Å². The zero-order valence-electron chi connectivity index (χ0n) is 11.4. The predicted molar refractivity (Wildman–Crippen MR) is 83.8 cm³/mol. The molecule has 1 aromatic carbocycles. The van der Waals surface area contributed by atoms with Crippen LogP contribution in [0.1, 0.15) is 16.1 Å². The molecule has 1 fully saturated rings. The van der Waals surface area contributed by atoms with Gasteiger partial charge >= 0.3 is 0 Å². The molecule has 2 heterocycles. The second-order valence-corrected chi connectivity index (χ2v) is 8.13. The molecule has 0 unspecified atom stereocenters. The molecule has 1 atom stereocenters. The third kappa shape index (κ3) is 3.25. The fourth-order valence-electron chi connectivity index (χ4n) is 2.72. The van der Waals surface area contributed by atoms with E-state index in [1.54, 1.807) is 4.90 Å². The number of sulfonamides is 1. The molecule has 1 saturated heterocycles. The van der Waals surface area contributed by atoms with Crippen molar-refractivity contribution in [2.45, 2.75) is 6.42 Å². The number of primary sulfonamides is 1. The van der Waals surface area contributed by atoms with Gasteiger partial charge in [0.25, 0.3) is 5.91 Å². The van der Waals surface area contributed by atoms with Crippen LogP contribution in [0.2, 0.25) is 0 Å². The van der Waals surface area contributed by atoms with E-state index in [0.717, 1.165) is 10.1 Å². The predicted octanol–water partition coefficient (Wildman–Crippen LogP) is 1.65. The smallest absolute Gasteiger partial charge is 0.263 e. The van der Waals surface area contributed by atoms with Crippen LogP contribution in [0.15, 0.2) is 30.3 Å². The van der Waals surface area contributed by atoms with Gasteiger partial charge < -0.3 is 4.90 Å². The first-order valence-electron chi connectivity index (χ1n) is 6.71. The van der Waals surface area contributed by atoms with Crippen LogP contribution in [0.25, 0.3) is 10.1 Å². The highest BCUT2D eigenvalue weighted by Gasteiger charge is 2.29. The third-order valence-corrected chi connectivity index (χ3v) is 5.72. The summed E-state index contributed by atoms with van der Waals surface area (Å²) in [5, 5.41) is 6.13. The lowest BCUT2D eigenvalue weighted by Crippen LogP contribution is -2.30. The molecule has 3 rings (SSSR count). The zero-order chi connectivity index (χ0) is 15.0. The molecule has 1 aromatic heterocycles. The van der Waals surface area contributed by atoms with Crippen molar-refractivity contribution < 1.29 is 13.2 Å². The van der Waals surface area contributed by atoms with Crippen LogP contribution < -0.4 is 5.14 Å². The van der Waals surface area contributed by atoms with E-state index < -0.39 is 10.0 Å². The van der Waals surface area contributed by atoms with Crippen LogP contribution in [0.5, 0.6) is 0 Å². The molecule has 0 saturated carbocycles. The van der Waals surface area contributed by atoms with Crippen molar-refractivity contribution in [3.05, 3.63) is 35.2 Å². The van der Waals surface area contributed by atoms with Gasteiger partial charge in [0.1, 0.15) is 0 Å². The Labute approximate surface area is 127 Å². The largest absolute Gasteiger partial charge is 0.338 e. The number of rotatable bonds is 3. The van der Waals surface area contributed by atoms with E-state index in [0.29, 0.717) is 24.4 Å². The Balaban J connectivity index is 1.74. The Morgan fingerprint density at radius 3 is 2.86 bits per heavy atom. The fraction of sp³-hybridized carbons (Fsp3) is 0.357. The SMILES string of the molecule is NS(=O)(=O)C[C@@H]1CCN(C(=O)c2cc3ccccc3s2)C1. The first kappa shape index (κ1) is 14.5. The fourth-order valence-corrected chi connectivity index (χ4v) is 4.68. The molecule has 112 valence electrons. The molecule has 21 heavy (non-hydrogen) atoms. The van der Waals surface area contributed by atoms with Crippen molar-refractivity contribution >= 4 is 37.4 Å². The van der Waals surface area contributed by atoms with Gasteiger partial charge in [-0.25, -0.2) is 13.6 Å². The third-order valence-electron chi connectivity index (χ3n) is 3.68. The molecule has 1 aliphatic heterocycles. The summed E-state index contributed by atoms with van der Waals surface area (Å²) in [7, 11) is -3.48. The second-order valence-electron chi connectivity index (χ2n) is 5.38. The highest BCUT2D eigenvalue weighted by Crippen LogP contribution is 2.28. The minimum absolute atomic E-state index is 0.0203. The molecular formula is C14H16N2O3S2. The van der Waals surface area contributed by atoms with Crippen LogP contribution in [0, 0.1) is 5.92 Å². The standard InChI is InChI=1S/C14H16N2O3S2/c15-21(18,19)9-10-5-6-16(8-10)14(17)13-7-11-3-1-2-4-12(11)20-13/h1-4,7,10H,5-6,8-9H2,(H2,15,18,19)/t10-/m1/s1. The number of hydrogen-bond acceptors (Lipinski definition) is 4. The summed E-state index contributed by atoms with van der Waals surface area (Å²) in [6.07, 6.45) is 0.688. The molecular weight excluding hydrogens is 308 g/mol. The Morgan fingerprint density at radius 2 is 2.14 bits per heavy atom. The van der Waals surface area contributed by atoms with Gasteiger partial charge in [-0.15, -0.1) is 11.3 Å². The van der Waals surface area contributed by atoms with Gasteiger partial charge in [-0.05, 0) is 29.9 Å². The molecule has 0 spiro atoms. The highest BCUT2D eigenvalue weighted by atomic mass is 32.2. The van der Waals surface area contributed by atoms with E-state index in [-0.39, 0.29) is 17.6 Å². The summed E-state index contributed by atoms with van der Waals surface area (Å²) >= 11 is 1.47. The molecule has 1 amide bonds. The van der Waals surface area contributed by atoms with Crippen LogP contribution in [0.4, 0.5) is 0 Å². The summed E-state index contributed by atoms with van der Waals surface area (Å²) in [4.78, 5) is 14.9. The van der Waals surface area contributed by atoms with E-state index in [1.165, 1.54) is 11.3 Å². The zero-order valence-corrected chi connectivity index (χ0v) is 13.0. The summed E-state index contributed by atoms with van der Waals surface area (Å²) in [5.41, 5.74) is 0. The summed E-state index contributed by atoms with van der Waals surface area (Å²) in [6.45, 7) is 1.05. The number of benzene rings is 1. The van der Waals surface area contributed by atoms with Crippen molar-refractivity contribution in [1.29, 1.82) is 0 Å². The lowest BCUT2D eigenvalue weighted by atomic mass is 10.2. The van der Waals surface area contributed by atoms with E-state index in [9.17, 15) is 13.2 Å². The van der Waals surface area contributed by atoms with Gasteiger partial charge in [0, 0.05) is 17.8 Å². The highest BCUT2D eigenvalue weighted by molar-refractivity contribution is 7.89. The molecule has 1 aliphatic rings. The lowest BCUT2D eigenvalue weighted by Gasteiger charge is -2.15. The maximum atomic E-state index is 12.5. The van der Waals surface area contributed by atoms with Crippen molar-refractivity contribution in [3.8, 4) is 0 Å². The van der Waals surface area contributed by atoms with E-state index in [1.807, 2.05) is 30.3 Å². The first-order valence-corrected chi connectivity index (χ1v) is 9.24. The Hall–Kier alpha value is -1.44.